The standard InChI is InChI=1S/C23H30N6O2S/c24-10-11-27-20(31)23(6-2-1-3-7-23)22(19(25)30)8-4-17(5-9-22)18-16-32-21(28-18)29-14-12-26-13-15-29/h4-5,8,16,26H,1-3,6-7,9,11-15H2,(H2,25,30)(H,27,31). The van der Waals surface area contributed by atoms with E-state index in [0.29, 0.717) is 19.3 Å². The lowest BCUT2D eigenvalue weighted by Gasteiger charge is -2.48. The SMILES string of the molecule is N#CCNC(=O)C1(C2(C(N)=O)C=CC(c3csc(N4CCNCC4)n3)=CC2)CCCCC1. The molecule has 9 heteroatoms. The average Bonchev–Trinajstić information content (AvgIpc) is 3.34. The van der Waals surface area contributed by atoms with Crippen molar-refractivity contribution in [2.45, 2.75) is 38.5 Å². The second-order valence-electron chi connectivity index (χ2n) is 8.77. The summed E-state index contributed by atoms with van der Waals surface area (Å²) >= 11 is 1.62. The van der Waals surface area contributed by atoms with Gasteiger partial charge in [0.2, 0.25) is 11.8 Å². The van der Waals surface area contributed by atoms with E-state index >= 15 is 0 Å². The highest BCUT2D eigenvalue weighted by Gasteiger charge is 2.58. The first-order valence-electron chi connectivity index (χ1n) is 11.3. The minimum atomic E-state index is -1.10. The number of nitrogens with zero attached hydrogens (tertiary/aromatic N) is 3. The van der Waals surface area contributed by atoms with E-state index < -0.39 is 16.7 Å². The molecule has 8 nitrogen and oxygen atoms in total. The molecule has 2 aliphatic carbocycles. The number of anilines is 1. The van der Waals surface area contributed by atoms with Crippen molar-refractivity contribution in [3.8, 4) is 6.07 Å². The Kier molecular flexibility index (Phi) is 6.63. The van der Waals surface area contributed by atoms with Gasteiger partial charge in [-0.2, -0.15) is 5.26 Å². The number of nitriles is 1. The number of nitrogens with two attached hydrogens (primary N) is 1. The molecule has 0 radical (unpaired) electrons. The molecule has 4 rings (SSSR count). The van der Waals surface area contributed by atoms with Crippen LogP contribution in [0.4, 0.5) is 5.13 Å². The minimum absolute atomic E-state index is 0.0755. The lowest BCUT2D eigenvalue weighted by molar-refractivity contribution is -0.149. The van der Waals surface area contributed by atoms with E-state index in [2.05, 4.69) is 15.5 Å². The first kappa shape index (κ1) is 22.5. The number of carbonyl (C=O) groups excluding carboxylic acids is 2. The zero-order valence-electron chi connectivity index (χ0n) is 18.2. The largest absolute Gasteiger partial charge is 0.369 e. The van der Waals surface area contributed by atoms with E-state index in [1.165, 1.54) is 0 Å². The van der Waals surface area contributed by atoms with Crippen molar-refractivity contribution in [1.82, 2.24) is 15.6 Å². The zero-order valence-corrected chi connectivity index (χ0v) is 19.0. The average molecular weight is 455 g/mol. The van der Waals surface area contributed by atoms with E-state index in [4.69, 9.17) is 16.0 Å². The molecule has 1 unspecified atom stereocenters. The summed E-state index contributed by atoms with van der Waals surface area (Å²) in [6, 6.07) is 1.96. The molecule has 0 aromatic carbocycles. The monoisotopic (exact) mass is 454 g/mol. The molecule has 1 aromatic rings. The normalized spacial score (nSPS) is 25.0. The molecular weight excluding hydrogens is 424 g/mol. The van der Waals surface area contributed by atoms with Crippen molar-refractivity contribution in [2.75, 3.05) is 37.6 Å². The van der Waals surface area contributed by atoms with Gasteiger partial charge in [0.05, 0.1) is 22.6 Å². The number of thiazole rings is 1. The van der Waals surface area contributed by atoms with E-state index in [0.717, 1.165) is 61.8 Å². The van der Waals surface area contributed by atoms with E-state index in [9.17, 15) is 9.59 Å². The maximum absolute atomic E-state index is 13.3. The molecule has 1 aromatic heterocycles. The van der Waals surface area contributed by atoms with Crippen molar-refractivity contribution >= 4 is 33.9 Å². The maximum atomic E-state index is 13.3. The molecule has 1 saturated carbocycles. The third-order valence-electron chi connectivity index (χ3n) is 7.13. The van der Waals surface area contributed by atoms with E-state index in [1.807, 2.05) is 29.7 Å². The fourth-order valence-corrected chi connectivity index (χ4v) is 6.21. The Bertz CT molecular complexity index is 965. The summed E-state index contributed by atoms with van der Waals surface area (Å²) in [6.45, 7) is 3.71. The Morgan fingerprint density at radius 1 is 1.28 bits per heavy atom. The number of hydrogen-bond donors (Lipinski definition) is 3. The highest BCUT2D eigenvalue weighted by atomic mass is 32.1. The molecule has 4 N–H and O–H groups in total. The fraction of sp³-hybridized carbons (Fsp3) is 0.565. The molecule has 32 heavy (non-hydrogen) atoms. The van der Waals surface area contributed by atoms with Gasteiger partial charge in [-0.3, -0.25) is 9.59 Å². The van der Waals surface area contributed by atoms with E-state index in [-0.39, 0.29) is 12.5 Å². The second kappa shape index (κ2) is 9.43. The van der Waals surface area contributed by atoms with Gasteiger partial charge in [0.15, 0.2) is 5.13 Å². The van der Waals surface area contributed by atoms with Crippen molar-refractivity contribution in [1.29, 1.82) is 5.26 Å². The number of aromatic nitrogens is 1. The number of carbonyl (C=O) groups is 2. The molecule has 2 heterocycles. The third-order valence-corrected chi connectivity index (χ3v) is 8.03. The smallest absolute Gasteiger partial charge is 0.228 e. The number of rotatable bonds is 6. The van der Waals surface area contributed by atoms with E-state index in [1.54, 1.807) is 11.3 Å². The van der Waals surface area contributed by atoms with Crippen molar-refractivity contribution in [3.05, 3.63) is 29.3 Å². The van der Waals surface area contributed by atoms with Crippen molar-refractivity contribution < 1.29 is 9.59 Å². The van der Waals surface area contributed by atoms with Crippen LogP contribution in [0.15, 0.2) is 23.6 Å². The molecule has 0 bridgehead atoms. The van der Waals surface area contributed by atoms with Crippen molar-refractivity contribution in [2.24, 2.45) is 16.6 Å². The summed E-state index contributed by atoms with van der Waals surface area (Å²) in [4.78, 5) is 33.3. The zero-order chi connectivity index (χ0) is 22.6. The van der Waals surface area contributed by atoms with Crippen LogP contribution >= 0.6 is 11.3 Å². The molecule has 1 atom stereocenters. The highest BCUT2D eigenvalue weighted by Crippen LogP contribution is 2.55. The predicted molar refractivity (Wildman–Crippen MR) is 125 cm³/mol. The van der Waals surface area contributed by atoms with Crippen LogP contribution < -0.4 is 21.3 Å². The number of piperazine rings is 1. The van der Waals surface area contributed by atoms with Gasteiger partial charge in [-0.25, -0.2) is 4.98 Å². The van der Waals surface area contributed by atoms with Gasteiger partial charge in [-0.15, -0.1) is 11.3 Å². The number of amides is 2. The molecule has 1 aliphatic heterocycles. The van der Waals surface area contributed by atoms with Gasteiger partial charge in [0.1, 0.15) is 6.54 Å². The predicted octanol–water partition coefficient (Wildman–Crippen LogP) is 1.96. The van der Waals surface area contributed by atoms with Crippen LogP contribution in [-0.2, 0) is 9.59 Å². The minimum Gasteiger partial charge on any atom is -0.369 e. The van der Waals surface area contributed by atoms with Crippen LogP contribution in [0.5, 0.6) is 0 Å². The fourth-order valence-electron chi connectivity index (χ4n) is 5.32. The van der Waals surface area contributed by atoms with Crippen LogP contribution in [0.25, 0.3) is 5.57 Å². The Balaban J connectivity index is 1.61. The van der Waals surface area contributed by atoms with Gasteiger partial charge < -0.3 is 21.3 Å². The summed E-state index contributed by atoms with van der Waals surface area (Å²) in [5.41, 5.74) is 5.77. The van der Waals surface area contributed by atoms with Gasteiger partial charge in [-0.1, -0.05) is 37.5 Å². The lowest BCUT2D eigenvalue weighted by Crippen LogP contribution is -2.58. The van der Waals surface area contributed by atoms with Crippen LogP contribution in [-0.4, -0.2) is 49.5 Å². The molecule has 170 valence electrons. The molecule has 2 fully saturated rings. The summed E-state index contributed by atoms with van der Waals surface area (Å²) in [5, 5.41) is 18.1. The molecule has 1 saturated heterocycles. The number of allylic oxidation sites excluding steroid dienone is 3. The summed E-state index contributed by atoms with van der Waals surface area (Å²) in [6.07, 6.45) is 10.0. The Morgan fingerprint density at radius 3 is 2.66 bits per heavy atom. The van der Waals surface area contributed by atoms with Crippen molar-refractivity contribution in [3.63, 3.8) is 0 Å². The second-order valence-corrected chi connectivity index (χ2v) is 9.61. The first-order valence-corrected chi connectivity index (χ1v) is 12.2. The topological polar surface area (TPSA) is 124 Å². The third kappa shape index (κ3) is 3.93. The molecule has 3 aliphatic rings. The Morgan fingerprint density at radius 2 is 2.03 bits per heavy atom. The number of hydrogen-bond acceptors (Lipinski definition) is 7. The molecule has 0 spiro atoms. The van der Waals surface area contributed by atoms with Gasteiger partial charge in [0.25, 0.3) is 0 Å². The van der Waals surface area contributed by atoms with Crippen LogP contribution in [0.3, 0.4) is 0 Å². The Labute approximate surface area is 192 Å². The lowest BCUT2D eigenvalue weighted by atomic mass is 9.53. The Hall–Kier alpha value is -2.70. The molecular formula is C23H30N6O2S. The maximum Gasteiger partial charge on any atom is 0.228 e. The summed E-state index contributed by atoms with van der Waals surface area (Å²) in [7, 11) is 0. The van der Waals surface area contributed by atoms with Gasteiger partial charge in [-0.05, 0) is 24.8 Å². The first-order chi connectivity index (χ1) is 15.5. The van der Waals surface area contributed by atoms with Gasteiger partial charge >= 0.3 is 0 Å². The number of primary amides is 1. The van der Waals surface area contributed by atoms with Crippen LogP contribution in [0.2, 0.25) is 0 Å². The van der Waals surface area contributed by atoms with Gasteiger partial charge in [0, 0.05) is 31.6 Å². The quantitative estimate of drug-likeness (QED) is 0.565. The molecule has 2 amide bonds. The van der Waals surface area contributed by atoms with Crippen LogP contribution in [0.1, 0.15) is 44.2 Å². The summed E-state index contributed by atoms with van der Waals surface area (Å²) in [5.74, 6) is -0.730. The summed E-state index contributed by atoms with van der Waals surface area (Å²) < 4.78 is 0. The van der Waals surface area contributed by atoms with Crippen LogP contribution in [0, 0.1) is 22.2 Å². The number of nitrogens with one attached hydrogen (secondary N) is 2. The highest BCUT2D eigenvalue weighted by molar-refractivity contribution is 7.13.